The van der Waals surface area contributed by atoms with Crippen LogP contribution in [0.1, 0.15) is 11.4 Å². The molecule has 0 amide bonds. The number of aromatic nitrogens is 2. The van der Waals surface area contributed by atoms with E-state index in [9.17, 15) is 8.42 Å². The van der Waals surface area contributed by atoms with Gasteiger partial charge in [-0.2, -0.15) is 0 Å². The Morgan fingerprint density at radius 1 is 1.29 bits per heavy atom. The number of imidazole rings is 1. The summed E-state index contributed by atoms with van der Waals surface area (Å²) in [7, 11) is -3.79. The SMILES string of the molecule is Cc1c(N2CCn3ccnc3C2)cc(N)cc1S(N)(=O)=O. The molecule has 2 aromatic rings. The minimum absolute atomic E-state index is 0.0754. The monoisotopic (exact) mass is 307 g/mol. The molecule has 0 spiro atoms. The molecule has 0 radical (unpaired) electrons. The first kappa shape index (κ1) is 13.9. The van der Waals surface area contributed by atoms with E-state index in [1.165, 1.54) is 6.07 Å². The third-order valence-electron chi connectivity index (χ3n) is 3.75. The van der Waals surface area contributed by atoms with Gasteiger partial charge < -0.3 is 15.2 Å². The second-order valence-electron chi connectivity index (χ2n) is 5.17. The van der Waals surface area contributed by atoms with Gasteiger partial charge >= 0.3 is 0 Å². The van der Waals surface area contributed by atoms with Crippen molar-refractivity contribution in [2.24, 2.45) is 5.14 Å². The standard InChI is InChI=1S/C13H17N5O2S/c1-9-11(6-10(14)7-12(9)21(15,19)20)18-5-4-17-3-2-16-13(17)8-18/h2-3,6-7H,4-5,8,14H2,1H3,(H2,15,19,20). The zero-order valence-electron chi connectivity index (χ0n) is 11.7. The Labute approximate surface area is 123 Å². The lowest BCUT2D eigenvalue weighted by atomic mass is 10.1. The van der Waals surface area contributed by atoms with E-state index in [2.05, 4.69) is 14.5 Å². The van der Waals surface area contributed by atoms with Crippen LogP contribution in [0, 0.1) is 6.92 Å². The topological polar surface area (TPSA) is 107 Å². The van der Waals surface area contributed by atoms with Crippen molar-refractivity contribution >= 4 is 21.4 Å². The summed E-state index contributed by atoms with van der Waals surface area (Å²) >= 11 is 0. The number of nitrogens with two attached hydrogens (primary N) is 2. The maximum absolute atomic E-state index is 11.7. The fourth-order valence-electron chi connectivity index (χ4n) is 2.70. The van der Waals surface area contributed by atoms with Gasteiger partial charge in [0.25, 0.3) is 0 Å². The van der Waals surface area contributed by atoms with Gasteiger partial charge in [0, 0.05) is 36.9 Å². The highest BCUT2D eigenvalue weighted by Gasteiger charge is 2.22. The van der Waals surface area contributed by atoms with E-state index >= 15 is 0 Å². The van der Waals surface area contributed by atoms with Crippen molar-refractivity contribution < 1.29 is 8.42 Å². The number of nitrogen functional groups attached to an aromatic ring is 1. The highest BCUT2D eigenvalue weighted by atomic mass is 32.2. The van der Waals surface area contributed by atoms with Gasteiger partial charge in [-0.05, 0) is 24.6 Å². The van der Waals surface area contributed by atoms with Gasteiger partial charge in [-0.15, -0.1) is 0 Å². The first-order valence-electron chi connectivity index (χ1n) is 6.54. The Hall–Kier alpha value is -2.06. The fourth-order valence-corrected chi connectivity index (χ4v) is 3.53. The molecule has 1 aliphatic heterocycles. The number of fused-ring (bicyclic) bond motifs is 1. The number of anilines is 2. The predicted molar refractivity (Wildman–Crippen MR) is 80.2 cm³/mol. The molecule has 1 aromatic heterocycles. The molecule has 0 aliphatic carbocycles. The van der Waals surface area contributed by atoms with Gasteiger partial charge in [-0.3, -0.25) is 0 Å². The number of rotatable bonds is 2. The molecule has 112 valence electrons. The first-order chi connectivity index (χ1) is 9.86. The molecule has 1 aliphatic rings. The summed E-state index contributed by atoms with van der Waals surface area (Å²) < 4.78 is 25.5. The van der Waals surface area contributed by atoms with E-state index in [0.29, 0.717) is 17.8 Å². The van der Waals surface area contributed by atoms with Crippen molar-refractivity contribution in [3.8, 4) is 0 Å². The molecule has 0 bridgehead atoms. The van der Waals surface area contributed by atoms with E-state index < -0.39 is 10.0 Å². The Morgan fingerprint density at radius 3 is 2.76 bits per heavy atom. The van der Waals surface area contributed by atoms with Crippen molar-refractivity contribution in [1.29, 1.82) is 0 Å². The van der Waals surface area contributed by atoms with Crippen LogP contribution >= 0.6 is 0 Å². The van der Waals surface area contributed by atoms with Crippen LogP contribution < -0.4 is 15.8 Å². The highest BCUT2D eigenvalue weighted by molar-refractivity contribution is 7.89. The summed E-state index contributed by atoms with van der Waals surface area (Å²) in [5.41, 5.74) is 7.62. The molecule has 21 heavy (non-hydrogen) atoms. The van der Waals surface area contributed by atoms with Crippen LogP contribution in [0.2, 0.25) is 0 Å². The average Bonchev–Trinajstić information content (AvgIpc) is 2.87. The number of hydrogen-bond donors (Lipinski definition) is 2. The highest BCUT2D eigenvalue weighted by Crippen LogP contribution is 2.31. The normalized spacial score (nSPS) is 15.0. The number of primary sulfonamides is 1. The number of benzene rings is 1. The van der Waals surface area contributed by atoms with Crippen LogP contribution in [0.25, 0.3) is 0 Å². The zero-order valence-corrected chi connectivity index (χ0v) is 12.5. The maximum Gasteiger partial charge on any atom is 0.238 e. The lowest BCUT2D eigenvalue weighted by Gasteiger charge is -2.31. The number of nitrogens with zero attached hydrogens (tertiary/aromatic N) is 3. The van der Waals surface area contributed by atoms with Gasteiger partial charge in [-0.25, -0.2) is 18.5 Å². The molecular formula is C13H17N5O2S. The quantitative estimate of drug-likeness (QED) is 0.783. The second-order valence-corrected chi connectivity index (χ2v) is 6.70. The minimum atomic E-state index is -3.79. The molecule has 0 atom stereocenters. The van der Waals surface area contributed by atoms with Gasteiger partial charge in [0.1, 0.15) is 5.82 Å². The second kappa shape index (κ2) is 4.74. The predicted octanol–water partition coefficient (Wildman–Crippen LogP) is 0.441. The largest absolute Gasteiger partial charge is 0.399 e. The van der Waals surface area contributed by atoms with Crippen molar-refractivity contribution in [2.75, 3.05) is 17.2 Å². The zero-order chi connectivity index (χ0) is 15.2. The molecule has 8 heteroatoms. The van der Waals surface area contributed by atoms with Crippen molar-refractivity contribution in [1.82, 2.24) is 9.55 Å². The molecule has 4 N–H and O–H groups in total. The van der Waals surface area contributed by atoms with Gasteiger partial charge in [0.2, 0.25) is 10.0 Å². The molecule has 3 rings (SSSR count). The molecule has 0 fully saturated rings. The maximum atomic E-state index is 11.7. The van der Waals surface area contributed by atoms with Crippen LogP contribution in [0.5, 0.6) is 0 Å². The molecule has 0 unspecified atom stereocenters. The van der Waals surface area contributed by atoms with E-state index in [1.807, 2.05) is 6.20 Å². The van der Waals surface area contributed by atoms with Gasteiger partial charge in [-0.1, -0.05) is 0 Å². The minimum Gasteiger partial charge on any atom is -0.399 e. The average molecular weight is 307 g/mol. The van der Waals surface area contributed by atoms with Crippen LogP contribution in [0.4, 0.5) is 11.4 Å². The van der Waals surface area contributed by atoms with Crippen LogP contribution in [-0.2, 0) is 23.1 Å². The van der Waals surface area contributed by atoms with E-state index in [1.54, 1.807) is 19.2 Å². The smallest absolute Gasteiger partial charge is 0.238 e. The molecule has 7 nitrogen and oxygen atoms in total. The Kier molecular flexibility index (Phi) is 3.14. The first-order valence-corrected chi connectivity index (χ1v) is 8.09. The summed E-state index contributed by atoms with van der Waals surface area (Å²) in [6.07, 6.45) is 3.70. The summed E-state index contributed by atoms with van der Waals surface area (Å²) in [6, 6.07) is 3.18. The van der Waals surface area contributed by atoms with Gasteiger partial charge in [0.05, 0.1) is 11.4 Å². The van der Waals surface area contributed by atoms with Gasteiger partial charge in [0.15, 0.2) is 0 Å². The lowest BCUT2D eigenvalue weighted by molar-refractivity contribution is 0.558. The van der Waals surface area contributed by atoms with Crippen LogP contribution in [-0.4, -0.2) is 24.5 Å². The Balaban J connectivity index is 2.06. The Bertz CT molecular complexity index is 797. The summed E-state index contributed by atoms with van der Waals surface area (Å²) in [5.74, 6) is 0.945. The third-order valence-corrected chi connectivity index (χ3v) is 4.78. The Morgan fingerprint density at radius 2 is 2.05 bits per heavy atom. The number of sulfonamides is 1. The molecular weight excluding hydrogens is 290 g/mol. The van der Waals surface area contributed by atoms with Crippen molar-refractivity contribution in [3.05, 3.63) is 35.9 Å². The van der Waals surface area contributed by atoms with Crippen molar-refractivity contribution in [2.45, 2.75) is 24.9 Å². The molecule has 0 saturated carbocycles. The van der Waals surface area contributed by atoms with E-state index in [0.717, 1.165) is 24.6 Å². The summed E-state index contributed by atoms with van der Waals surface area (Å²) in [6.45, 7) is 3.92. The van der Waals surface area contributed by atoms with Crippen molar-refractivity contribution in [3.63, 3.8) is 0 Å². The van der Waals surface area contributed by atoms with E-state index in [-0.39, 0.29) is 4.90 Å². The van der Waals surface area contributed by atoms with Crippen LogP contribution in [0.3, 0.4) is 0 Å². The van der Waals surface area contributed by atoms with Crippen LogP contribution in [0.15, 0.2) is 29.4 Å². The fraction of sp³-hybridized carbons (Fsp3) is 0.308. The molecule has 1 aromatic carbocycles. The lowest BCUT2D eigenvalue weighted by Crippen LogP contribution is -2.34. The number of hydrogen-bond acceptors (Lipinski definition) is 5. The summed E-state index contributed by atoms with van der Waals surface area (Å²) in [5, 5.41) is 5.27. The molecule has 2 heterocycles. The third kappa shape index (κ3) is 2.47. The molecule has 0 saturated heterocycles. The van der Waals surface area contributed by atoms with E-state index in [4.69, 9.17) is 10.9 Å². The summed E-state index contributed by atoms with van der Waals surface area (Å²) in [4.78, 5) is 6.45.